The Morgan fingerprint density at radius 3 is 2.64 bits per heavy atom. The van der Waals surface area contributed by atoms with Crippen molar-refractivity contribution in [1.29, 1.82) is 0 Å². The number of hydrogen-bond acceptors (Lipinski definition) is 6. The van der Waals surface area contributed by atoms with Crippen molar-refractivity contribution in [2.75, 3.05) is 6.79 Å². The van der Waals surface area contributed by atoms with Gasteiger partial charge in [0.2, 0.25) is 6.79 Å². The summed E-state index contributed by atoms with van der Waals surface area (Å²) in [4.78, 5) is 23.0. The first-order valence-corrected chi connectivity index (χ1v) is 7.68. The Balaban J connectivity index is 1.66. The number of carboxylic acids is 1. The van der Waals surface area contributed by atoms with Crippen LogP contribution in [0.2, 0.25) is 0 Å². The Hall–Kier alpha value is -3.22. The summed E-state index contributed by atoms with van der Waals surface area (Å²) in [5.41, 5.74) is 1.39. The number of aliphatic carboxylic acids is 1. The molecule has 0 fully saturated rings. The number of rotatable bonds is 6. The third kappa shape index (κ3) is 4.41. The highest BCUT2D eigenvalue weighted by Gasteiger charge is 2.20. The summed E-state index contributed by atoms with van der Waals surface area (Å²) in [6, 6.07) is 13.3. The fourth-order valence-electron chi connectivity index (χ4n) is 2.46. The van der Waals surface area contributed by atoms with E-state index in [0.717, 1.165) is 5.56 Å². The summed E-state index contributed by atoms with van der Waals surface area (Å²) in [5.74, 6) is -0.214. The van der Waals surface area contributed by atoms with Gasteiger partial charge in [0.1, 0.15) is 6.61 Å². The lowest BCUT2D eigenvalue weighted by atomic mass is 10.0. The minimum Gasteiger partial charge on any atom is -0.550 e. The minimum absolute atomic E-state index is 0.0891. The molecular weight excluding hydrogens is 326 g/mol. The largest absolute Gasteiger partial charge is 0.550 e. The molecule has 1 heterocycles. The molecular formula is C18H16NO6-. The van der Waals surface area contributed by atoms with Crippen molar-refractivity contribution in [3.8, 4) is 11.5 Å². The van der Waals surface area contributed by atoms with Crippen molar-refractivity contribution in [3.05, 3.63) is 59.7 Å². The maximum atomic E-state index is 12.0. The fraction of sp³-hybridized carbons (Fsp3) is 0.222. The molecule has 2 aromatic carbocycles. The van der Waals surface area contributed by atoms with Crippen LogP contribution in [0.4, 0.5) is 4.79 Å². The lowest BCUT2D eigenvalue weighted by molar-refractivity contribution is -0.306. The summed E-state index contributed by atoms with van der Waals surface area (Å²) in [7, 11) is 0. The number of hydrogen-bond donors (Lipinski definition) is 1. The molecule has 1 aliphatic heterocycles. The predicted octanol–water partition coefficient (Wildman–Crippen LogP) is 1.52. The Bertz CT molecular complexity index is 761. The monoisotopic (exact) mass is 342 g/mol. The van der Waals surface area contributed by atoms with Gasteiger partial charge < -0.3 is 29.4 Å². The topological polar surface area (TPSA) is 96.9 Å². The first-order chi connectivity index (χ1) is 12.1. The lowest BCUT2D eigenvalue weighted by Gasteiger charge is -2.20. The van der Waals surface area contributed by atoms with Gasteiger partial charge in [0.05, 0.1) is 6.04 Å². The van der Waals surface area contributed by atoms with Crippen LogP contribution in [0, 0.1) is 0 Å². The van der Waals surface area contributed by atoms with Crippen molar-refractivity contribution in [3.63, 3.8) is 0 Å². The van der Waals surface area contributed by atoms with Crippen LogP contribution >= 0.6 is 0 Å². The van der Waals surface area contributed by atoms with E-state index < -0.39 is 18.1 Å². The lowest BCUT2D eigenvalue weighted by Crippen LogP contribution is -2.34. The summed E-state index contributed by atoms with van der Waals surface area (Å²) in [6.07, 6.45) is -1.10. The third-order valence-electron chi connectivity index (χ3n) is 3.67. The number of alkyl carbamates (subject to hydrolysis) is 1. The average Bonchev–Trinajstić information content (AvgIpc) is 3.07. The molecule has 2 aromatic rings. The number of carbonyl (C=O) groups is 2. The Kier molecular flexibility index (Phi) is 5.03. The molecule has 1 aliphatic rings. The number of carboxylic acid groups (broad SMARTS) is 1. The van der Waals surface area contributed by atoms with E-state index in [1.165, 1.54) is 0 Å². The molecule has 130 valence electrons. The number of nitrogens with one attached hydrogen (secondary N) is 1. The molecule has 0 saturated heterocycles. The molecule has 3 rings (SSSR count). The van der Waals surface area contributed by atoms with Crippen LogP contribution in [0.1, 0.15) is 23.6 Å². The average molecular weight is 342 g/mol. The number of fused-ring (bicyclic) bond motifs is 1. The normalized spacial score (nSPS) is 13.1. The summed E-state index contributed by atoms with van der Waals surface area (Å²) < 4.78 is 15.6. The Labute approximate surface area is 144 Å². The van der Waals surface area contributed by atoms with Gasteiger partial charge in [-0.1, -0.05) is 36.4 Å². The molecule has 7 nitrogen and oxygen atoms in total. The maximum Gasteiger partial charge on any atom is 0.407 e. The van der Waals surface area contributed by atoms with Crippen LogP contribution in [0.25, 0.3) is 0 Å². The fourth-order valence-corrected chi connectivity index (χ4v) is 2.46. The van der Waals surface area contributed by atoms with Gasteiger partial charge in [0.25, 0.3) is 0 Å². The number of ether oxygens (including phenoxy) is 3. The molecule has 0 radical (unpaired) electrons. The molecule has 0 spiro atoms. The Morgan fingerprint density at radius 1 is 1.12 bits per heavy atom. The second kappa shape index (κ2) is 7.57. The van der Waals surface area contributed by atoms with E-state index in [1.807, 2.05) is 30.3 Å². The van der Waals surface area contributed by atoms with Crippen LogP contribution in [0.5, 0.6) is 11.5 Å². The highest BCUT2D eigenvalue weighted by Crippen LogP contribution is 2.34. The van der Waals surface area contributed by atoms with Crippen molar-refractivity contribution in [1.82, 2.24) is 5.32 Å². The first-order valence-electron chi connectivity index (χ1n) is 7.68. The second-order valence-corrected chi connectivity index (χ2v) is 5.45. The highest BCUT2D eigenvalue weighted by molar-refractivity contribution is 5.71. The van der Waals surface area contributed by atoms with Gasteiger partial charge in [-0.25, -0.2) is 4.79 Å². The molecule has 1 N–H and O–H groups in total. The van der Waals surface area contributed by atoms with Crippen LogP contribution in [-0.4, -0.2) is 18.9 Å². The van der Waals surface area contributed by atoms with Gasteiger partial charge in [-0.05, 0) is 23.3 Å². The van der Waals surface area contributed by atoms with E-state index >= 15 is 0 Å². The van der Waals surface area contributed by atoms with Gasteiger partial charge in [-0.2, -0.15) is 0 Å². The standard InChI is InChI=1S/C18H17NO6/c20-17(21)9-14(13-6-7-15-16(8-13)25-11-24-15)19-18(22)23-10-12-4-2-1-3-5-12/h1-8,14H,9-11H2,(H,19,22)(H,20,21)/p-1/t14-/m1/s1. The van der Waals surface area contributed by atoms with Gasteiger partial charge in [0.15, 0.2) is 11.5 Å². The van der Waals surface area contributed by atoms with Gasteiger partial charge in [-0.15, -0.1) is 0 Å². The first kappa shape index (κ1) is 16.6. The highest BCUT2D eigenvalue weighted by atomic mass is 16.7. The summed E-state index contributed by atoms with van der Waals surface area (Å²) >= 11 is 0. The van der Waals surface area contributed by atoms with Gasteiger partial charge in [0, 0.05) is 12.4 Å². The minimum atomic E-state index is -1.29. The van der Waals surface area contributed by atoms with Crippen molar-refractivity contribution in [2.45, 2.75) is 19.1 Å². The summed E-state index contributed by atoms with van der Waals surface area (Å²) in [5, 5.41) is 13.6. The Morgan fingerprint density at radius 2 is 1.88 bits per heavy atom. The zero-order valence-electron chi connectivity index (χ0n) is 13.3. The van der Waals surface area contributed by atoms with Crippen molar-refractivity contribution in [2.24, 2.45) is 0 Å². The quantitative estimate of drug-likeness (QED) is 0.855. The molecule has 25 heavy (non-hydrogen) atoms. The van der Waals surface area contributed by atoms with E-state index in [0.29, 0.717) is 17.1 Å². The third-order valence-corrected chi connectivity index (χ3v) is 3.67. The van der Waals surface area contributed by atoms with E-state index in [9.17, 15) is 14.7 Å². The van der Waals surface area contributed by atoms with Crippen LogP contribution in [0.3, 0.4) is 0 Å². The zero-order valence-corrected chi connectivity index (χ0v) is 13.3. The molecule has 0 bridgehead atoms. The van der Waals surface area contributed by atoms with Gasteiger partial charge in [-0.3, -0.25) is 0 Å². The molecule has 0 aliphatic carbocycles. The van der Waals surface area contributed by atoms with Crippen LogP contribution in [0.15, 0.2) is 48.5 Å². The van der Waals surface area contributed by atoms with E-state index in [2.05, 4.69) is 5.32 Å². The number of amides is 1. The molecule has 1 atom stereocenters. The summed E-state index contributed by atoms with van der Waals surface area (Å²) in [6.45, 7) is 0.197. The van der Waals surface area contributed by atoms with Gasteiger partial charge >= 0.3 is 6.09 Å². The van der Waals surface area contributed by atoms with Crippen molar-refractivity contribution < 1.29 is 28.9 Å². The van der Waals surface area contributed by atoms with Crippen LogP contribution < -0.4 is 19.9 Å². The molecule has 0 aromatic heterocycles. The van der Waals surface area contributed by atoms with E-state index in [1.54, 1.807) is 18.2 Å². The number of benzene rings is 2. The smallest absolute Gasteiger partial charge is 0.407 e. The van der Waals surface area contributed by atoms with E-state index in [-0.39, 0.29) is 19.8 Å². The molecule has 7 heteroatoms. The molecule has 0 unspecified atom stereocenters. The van der Waals surface area contributed by atoms with Crippen molar-refractivity contribution >= 4 is 12.1 Å². The molecule has 0 saturated carbocycles. The SMILES string of the molecule is O=C([O-])C[C@@H](NC(=O)OCc1ccccc1)c1ccc2c(c1)OCO2. The maximum absolute atomic E-state index is 12.0. The predicted molar refractivity (Wildman–Crippen MR) is 84.7 cm³/mol. The number of carbonyl (C=O) groups excluding carboxylic acids is 2. The zero-order chi connectivity index (χ0) is 17.6. The van der Waals surface area contributed by atoms with E-state index in [4.69, 9.17) is 14.2 Å². The molecule has 1 amide bonds. The second-order valence-electron chi connectivity index (χ2n) is 5.45. The van der Waals surface area contributed by atoms with Crippen LogP contribution in [-0.2, 0) is 16.1 Å².